The van der Waals surface area contributed by atoms with Gasteiger partial charge in [-0.3, -0.25) is 0 Å². The van der Waals surface area contributed by atoms with E-state index in [2.05, 4.69) is 15.9 Å². The summed E-state index contributed by atoms with van der Waals surface area (Å²) in [5, 5.41) is 0. The summed E-state index contributed by atoms with van der Waals surface area (Å²) in [6.07, 6.45) is 0. The summed E-state index contributed by atoms with van der Waals surface area (Å²) < 4.78 is 33.3. The molecule has 118 valence electrons. The second-order valence-electron chi connectivity index (χ2n) is 4.68. The van der Waals surface area contributed by atoms with Crippen LogP contribution in [0.2, 0.25) is 0 Å². The zero-order chi connectivity index (χ0) is 16.0. The molecule has 0 aliphatic rings. The van der Waals surface area contributed by atoms with Gasteiger partial charge in [0.25, 0.3) is 9.05 Å². The van der Waals surface area contributed by atoms with Crippen molar-refractivity contribution in [1.29, 1.82) is 0 Å². The van der Waals surface area contributed by atoms with Gasteiger partial charge in [-0.2, -0.15) is 0 Å². The van der Waals surface area contributed by atoms with Crippen molar-refractivity contribution in [1.82, 2.24) is 0 Å². The normalized spacial score (nSPS) is 11.7. The molecule has 21 heavy (non-hydrogen) atoms. The summed E-state index contributed by atoms with van der Waals surface area (Å²) in [5.74, 6) is -0.238. The molecule has 1 aromatic rings. The van der Waals surface area contributed by atoms with Crippen LogP contribution >= 0.6 is 26.6 Å². The molecule has 0 atom stereocenters. The van der Waals surface area contributed by atoms with E-state index in [1.807, 2.05) is 13.8 Å². The van der Waals surface area contributed by atoms with Crippen LogP contribution in [0.4, 0.5) is 0 Å². The van der Waals surface area contributed by atoms with E-state index in [0.29, 0.717) is 17.0 Å². The molecule has 0 radical (unpaired) electrons. The first kappa shape index (κ1) is 18.4. The SMILES string of the molecule is CC(C)COCCOC(=O)c1cc(S(=O)(=O)Cl)ccc1Br. The topological polar surface area (TPSA) is 69.7 Å². The Kier molecular flexibility index (Phi) is 7.12. The van der Waals surface area contributed by atoms with Crippen molar-refractivity contribution in [3.63, 3.8) is 0 Å². The molecule has 0 amide bonds. The highest BCUT2D eigenvalue weighted by atomic mass is 79.9. The number of carbonyl (C=O) groups excluding carboxylic acids is 1. The molecule has 0 aliphatic heterocycles. The summed E-state index contributed by atoms with van der Waals surface area (Å²) in [6.45, 7) is 4.99. The molecule has 0 N–H and O–H groups in total. The summed E-state index contributed by atoms with van der Waals surface area (Å²) in [6, 6.07) is 3.90. The largest absolute Gasteiger partial charge is 0.460 e. The van der Waals surface area contributed by atoms with Crippen LogP contribution in [0.25, 0.3) is 0 Å². The molecule has 0 fully saturated rings. The summed E-state index contributed by atoms with van der Waals surface area (Å²) in [4.78, 5) is 11.7. The van der Waals surface area contributed by atoms with Crippen LogP contribution in [0.3, 0.4) is 0 Å². The van der Waals surface area contributed by atoms with Crippen molar-refractivity contribution in [2.45, 2.75) is 18.7 Å². The van der Waals surface area contributed by atoms with Crippen molar-refractivity contribution in [2.24, 2.45) is 5.92 Å². The van der Waals surface area contributed by atoms with Crippen LogP contribution in [0, 0.1) is 5.92 Å². The highest BCUT2D eigenvalue weighted by Crippen LogP contribution is 2.23. The van der Waals surface area contributed by atoms with Crippen LogP contribution in [0.1, 0.15) is 24.2 Å². The van der Waals surface area contributed by atoms with E-state index < -0.39 is 15.0 Å². The number of rotatable bonds is 7. The zero-order valence-corrected chi connectivity index (χ0v) is 14.8. The number of hydrogen-bond donors (Lipinski definition) is 0. The Hall–Kier alpha value is -0.630. The number of benzene rings is 1. The van der Waals surface area contributed by atoms with Gasteiger partial charge < -0.3 is 9.47 Å². The van der Waals surface area contributed by atoms with Gasteiger partial charge >= 0.3 is 5.97 Å². The van der Waals surface area contributed by atoms with Crippen molar-refractivity contribution >= 4 is 41.6 Å². The van der Waals surface area contributed by atoms with Crippen LogP contribution in [-0.2, 0) is 18.5 Å². The van der Waals surface area contributed by atoms with E-state index in [1.54, 1.807) is 0 Å². The summed E-state index contributed by atoms with van der Waals surface area (Å²) >= 11 is 3.17. The van der Waals surface area contributed by atoms with Gasteiger partial charge in [-0.25, -0.2) is 13.2 Å². The molecular weight excluding hydrogens is 384 g/mol. The molecule has 0 aliphatic carbocycles. The molecule has 8 heteroatoms. The first-order chi connectivity index (χ1) is 9.71. The quantitative estimate of drug-likeness (QED) is 0.400. The smallest absolute Gasteiger partial charge is 0.339 e. The van der Waals surface area contributed by atoms with Crippen LogP contribution < -0.4 is 0 Å². The highest BCUT2D eigenvalue weighted by Gasteiger charge is 2.17. The van der Waals surface area contributed by atoms with Crippen LogP contribution in [0.15, 0.2) is 27.6 Å². The Morgan fingerprint density at radius 1 is 1.33 bits per heavy atom. The van der Waals surface area contributed by atoms with Crippen molar-refractivity contribution < 1.29 is 22.7 Å². The van der Waals surface area contributed by atoms with E-state index >= 15 is 0 Å². The van der Waals surface area contributed by atoms with Gasteiger partial charge in [0.15, 0.2) is 0 Å². The molecule has 5 nitrogen and oxygen atoms in total. The number of ether oxygens (including phenoxy) is 2. The molecule has 0 bridgehead atoms. The van der Waals surface area contributed by atoms with Gasteiger partial charge in [0, 0.05) is 21.8 Å². The van der Waals surface area contributed by atoms with E-state index in [-0.39, 0.29) is 23.7 Å². The van der Waals surface area contributed by atoms with Crippen molar-refractivity contribution in [3.05, 3.63) is 28.2 Å². The lowest BCUT2D eigenvalue weighted by atomic mass is 10.2. The fraction of sp³-hybridized carbons (Fsp3) is 0.462. The summed E-state index contributed by atoms with van der Waals surface area (Å²) in [7, 11) is 1.35. The maximum Gasteiger partial charge on any atom is 0.339 e. The lowest BCUT2D eigenvalue weighted by Crippen LogP contribution is -2.13. The first-order valence-corrected chi connectivity index (χ1v) is 9.31. The minimum absolute atomic E-state index is 0.0931. The molecule has 0 aromatic heterocycles. The van der Waals surface area contributed by atoms with Gasteiger partial charge in [-0.15, -0.1) is 0 Å². The predicted molar refractivity (Wildman–Crippen MR) is 83.1 cm³/mol. The Balaban J connectivity index is 2.66. The number of carbonyl (C=O) groups is 1. The van der Waals surface area contributed by atoms with Crippen LogP contribution in [-0.4, -0.2) is 34.2 Å². The van der Waals surface area contributed by atoms with Gasteiger partial charge in [-0.05, 0) is 40.0 Å². The van der Waals surface area contributed by atoms with E-state index in [9.17, 15) is 13.2 Å². The van der Waals surface area contributed by atoms with Crippen molar-refractivity contribution in [2.75, 3.05) is 19.8 Å². The van der Waals surface area contributed by atoms with Gasteiger partial charge in [0.05, 0.1) is 17.1 Å². The molecular formula is C13H16BrClO5S. The van der Waals surface area contributed by atoms with Gasteiger partial charge in [0.1, 0.15) is 6.61 Å². The maximum absolute atomic E-state index is 11.9. The van der Waals surface area contributed by atoms with E-state index in [1.165, 1.54) is 18.2 Å². The number of halogens is 2. The molecule has 0 spiro atoms. The molecule has 0 saturated carbocycles. The second-order valence-corrected chi connectivity index (χ2v) is 8.10. The molecule has 1 aromatic carbocycles. The molecule has 0 heterocycles. The first-order valence-electron chi connectivity index (χ1n) is 6.21. The number of esters is 1. The molecule has 0 unspecified atom stereocenters. The molecule has 0 saturated heterocycles. The van der Waals surface area contributed by atoms with E-state index in [4.69, 9.17) is 20.2 Å². The van der Waals surface area contributed by atoms with Gasteiger partial charge in [-0.1, -0.05) is 13.8 Å². The van der Waals surface area contributed by atoms with Gasteiger partial charge in [0.2, 0.25) is 0 Å². The Labute approximate surface area is 137 Å². The highest BCUT2D eigenvalue weighted by molar-refractivity contribution is 9.10. The minimum atomic E-state index is -3.90. The average molecular weight is 400 g/mol. The number of hydrogen-bond acceptors (Lipinski definition) is 5. The third-order valence-electron chi connectivity index (χ3n) is 2.35. The predicted octanol–water partition coefficient (Wildman–Crippen LogP) is 3.21. The summed E-state index contributed by atoms with van der Waals surface area (Å²) in [5.41, 5.74) is 0.0978. The Morgan fingerprint density at radius 2 is 2.00 bits per heavy atom. The minimum Gasteiger partial charge on any atom is -0.460 e. The standard InChI is InChI=1S/C13H16BrClO5S/c1-9(2)8-19-5-6-20-13(16)11-7-10(21(15,17)18)3-4-12(11)14/h3-4,7,9H,5-6,8H2,1-2H3. The Bertz CT molecular complexity index is 601. The van der Waals surface area contributed by atoms with E-state index in [0.717, 1.165) is 0 Å². The maximum atomic E-state index is 11.9. The third kappa shape index (κ3) is 6.34. The monoisotopic (exact) mass is 398 g/mol. The Morgan fingerprint density at radius 3 is 2.57 bits per heavy atom. The van der Waals surface area contributed by atoms with Crippen LogP contribution in [0.5, 0.6) is 0 Å². The average Bonchev–Trinajstić information content (AvgIpc) is 2.36. The molecule has 1 rings (SSSR count). The fourth-order valence-corrected chi connectivity index (χ4v) is 2.59. The lowest BCUT2D eigenvalue weighted by Gasteiger charge is -2.09. The fourth-order valence-electron chi connectivity index (χ4n) is 1.40. The third-order valence-corrected chi connectivity index (χ3v) is 4.39. The van der Waals surface area contributed by atoms with Crippen molar-refractivity contribution in [3.8, 4) is 0 Å². The zero-order valence-electron chi connectivity index (χ0n) is 11.6. The lowest BCUT2D eigenvalue weighted by molar-refractivity contribution is 0.0276. The second kappa shape index (κ2) is 8.12.